The molecule has 3 nitrogen and oxygen atoms in total. The molecule has 0 fully saturated rings. The largest absolute Gasteiger partial charge is 0.492 e. The topological polar surface area (TPSA) is 34.2 Å². The lowest BCUT2D eigenvalue weighted by atomic mass is 10.3. The molecule has 0 atom stereocenters. The van der Waals surface area contributed by atoms with Crippen LogP contribution in [0, 0.1) is 6.92 Å². The highest BCUT2D eigenvalue weighted by atomic mass is 32.1. The number of ether oxygens (including phenoxy) is 1. The van der Waals surface area contributed by atoms with Gasteiger partial charge in [0.15, 0.2) is 0 Å². The summed E-state index contributed by atoms with van der Waals surface area (Å²) < 4.78 is 5.57. The van der Waals surface area contributed by atoms with Gasteiger partial charge >= 0.3 is 0 Å². The number of rotatable bonds is 6. The lowest BCUT2D eigenvalue weighted by molar-refractivity contribution is 0.313. The number of nitrogens with zero attached hydrogens (tertiary/aromatic N) is 1. The minimum absolute atomic E-state index is 0.674. The molecule has 0 saturated heterocycles. The minimum Gasteiger partial charge on any atom is -0.492 e. The zero-order chi connectivity index (χ0) is 11.9. The number of para-hydroxylation sites is 1. The highest BCUT2D eigenvalue weighted by Gasteiger charge is 1.97. The second-order valence-electron chi connectivity index (χ2n) is 3.70. The first-order chi connectivity index (χ1) is 8.34. The molecule has 0 unspecified atom stereocenters. The van der Waals surface area contributed by atoms with Gasteiger partial charge in [-0.2, -0.15) is 0 Å². The number of hydrogen-bond donors (Lipinski definition) is 1. The molecule has 0 amide bonds. The smallest absolute Gasteiger partial charge is 0.119 e. The molecular weight excluding hydrogens is 232 g/mol. The summed E-state index contributed by atoms with van der Waals surface area (Å²) in [5.41, 5.74) is 1.10. The standard InChI is InChI=1S/C13H16N2OS/c1-11-15-12(10-17-11)9-14-7-8-16-13-5-3-2-4-6-13/h2-6,10,14H,7-9H2,1H3. The molecule has 1 aromatic carbocycles. The molecule has 0 bridgehead atoms. The van der Waals surface area contributed by atoms with E-state index in [1.54, 1.807) is 11.3 Å². The first-order valence-electron chi connectivity index (χ1n) is 5.64. The Morgan fingerprint density at radius 3 is 2.82 bits per heavy atom. The van der Waals surface area contributed by atoms with E-state index in [2.05, 4.69) is 15.7 Å². The van der Waals surface area contributed by atoms with Crippen LogP contribution in [-0.2, 0) is 6.54 Å². The monoisotopic (exact) mass is 248 g/mol. The molecule has 2 rings (SSSR count). The SMILES string of the molecule is Cc1nc(CNCCOc2ccccc2)cs1. The van der Waals surface area contributed by atoms with Crippen molar-refractivity contribution in [2.75, 3.05) is 13.2 Å². The number of aromatic nitrogens is 1. The molecule has 2 aromatic rings. The van der Waals surface area contributed by atoms with Gasteiger partial charge in [-0.05, 0) is 19.1 Å². The predicted octanol–water partition coefficient (Wildman–Crippen LogP) is 2.62. The van der Waals surface area contributed by atoms with Crippen molar-refractivity contribution in [3.63, 3.8) is 0 Å². The van der Waals surface area contributed by atoms with E-state index in [1.807, 2.05) is 37.3 Å². The highest BCUT2D eigenvalue weighted by molar-refractivity contribution is 7.09. The molecule has 17 heavy (non-hydrogen) atoms. The van der Waals surface area contributed by atoms with Crippen LogP contribution in [0.25, 0.3) is 0 Å². The summed E-state index contributed by atoms with van der Waals surface area (Å²) >= 11 is 1.68. The van der Waals surface area contributed by atoms with E-state index in [1.165, 1.54) is 0 Å². The van der Waals surface area contributed by atoms with E-state index in [4.69, 9.17) is 4.74 Å². The van der Waals surface area contributed by atoms with E-state index in [-0.39, 0.29) is 0 Å². The lowest BCUT2D eigenvalue weighted by Crippen LogP contribution is -2.20. The van der Waals surface area contributed by atoms with Gasteiger partial charge in [-0.25, -0.2) is 4.98 Å². The summed E-state index contributed by atoms with van der Waals surface area (Å²) in [5, 5.41) is 6.50. The van der Waals surface area contributed by atoms with E-state index < -0.39 is 0 Å². The molecule has 1 heterocycles. The molecule has 1 N–H and O–H groups in total. The molecule has 0 aliphatic carbocycles. The van der Waals surface area contributed by atoms with Crippen molar-refractivity contribution in [1.82, 2.24) is 10.3 Å². The molecular formula is C13H16N2OS. The third kappa shape index (κ3) is 4.17. The highest BCUT2D eigenvalue weighted by Crippen LogP contribution is 2.08. The van der Waals surface area contributed by atoms with E-state index >= 15 is 0 Å². The Hall–Kier alpha value is -1.39. The lowest BCUT2D eigenvalue weighted by Gasteiger charge is -2.06. The Balaban J connectivity index is 1.61. The van der Waals surface area contributed by atoms with Crippen molar-refractivity contribution in [2.24, 2.45) is 0 Å². The number of thiazole rings is 1. The van der Waals surface area contributed by atoms with E-state index in [9.17, 15) is 0 Å². The zero-order valence-corrected chi connectivity index (χ0v) is 10.7. The van der Waals surface area contributed by atoms with E-state index in [0.717, 1.165) is 29.5 Å². The Labute approximate surface area is 105 Å². The summed E-state index contributed by atoms with van der Waals surface area (Å²) in [6, 6.07) is 9.85. The maximum Gasteiger partial charge on any atom is 0.119 e. The summed E-state index contributed by atoms with van der Waals surface area (Å²) in [4.78, 5) is 4.38. The Morgan fingerprint density at radius 2 is 2.12 bits per heavy atom. The molecule has 90 valence electrons. The van der Waals surface area contributed by atoms with Gasteiger partial charge in [0.25, 0.3) is 0 Å². The predicted molar refractivity (Wildman–Crippen MR) is 70.5 cm³/mol. The quantitative estimate of drug-likeness (QED) is 0.798. The second-order valence-corrected chi connectivity index (χ2v) is 4.76. The minimum atomic E-state index is 0.674. The molecule has 1 aromatic heterocycles. The van der Waals surface area contributed by atoms with Crippen LogP contribution in [0.2, 0.25) is 0 Å². The van der Waals surface area contributed by atoms with Gasteiger partial charge in [0.1, 0.15) is 12.4 Å². The van der Waals surface area contributed by atoms with Crippen molar-refractivity contribution < 1.29 is 4.74 Å². The summed E-state index contributed by atoms with van der Waals surface area (Å²) in [6.45, 7) is 4.33. The first kappa shape index (κ1) is 12.1. The van der Waals surface area contributed by atoms with Crippen molar-refractivity contribution in [2.45, 2.75) is 13.5 Å². The maximum atomic E-state index is 5.57. The Bertz CT molecular complexity index is 442. The van der Waals surface area contributed by atoms with Gasteiger partial charge in [0, 0.05) is 18.5 Å². The van der Waals surface area contributed by atoms with Gasteiger partial charge in [0.2, 0.25) is 0 Å². The fourth-order valence-electron chi connectivity index (χ4n) is 1.46. The average molecular weight is 248 g/mol. The Morgan fingerprint density at radius 1 is 1.29 bits per heavy atom. The van der Waals surface area contributed by atoms with Crippen LogP contribution < -0.4 is 10.1 Å². The fourth-order valence-corrected chi connectivity index (χ4v) is 2.08. The van der Waals surface area contributed by atoms with Gasteiger partial charge in [0.05, 0.1) is 10.7 Å². The van der Waals surface area contributed by atoms with Crippen LogP contribution >= 0.6 is 11.3 Å². The number of benzene rings is 1. The molecule has 0 spiro atoms. The second kappa shape index (κ2) is 6.37. The van der Waals surface area contributed by atoms with Crippen molar-refractivity contribution in [1.29, 1.82) is 0 Å². The summed E-state index contributed by atoms with van der Waals surface area (Å²) in [6.07, 6.45) is 0. The van der Waals surface area contributed by atoms with Crippen LogP contribution in [0.15, 0.2) is 35.7 Å². The summed E-state index contributed by atoms with van der Waals surface area (Å²) in [5.74, 6) is 0.916. The maximum absolute atomic E-state index is 5.57. The summed E-state index contributed by atoms with van der Waals surface area (Å²) in [7, 11) is 0. The van der Waals surface area contributed by atoms with Crippen molar-refractivity contribution in [3.8, 4) is 5.75 Å². The zero-order valence-electron chi connectivity index (χ0n) is 9.85. The van der Waals surface area contributed by atoms with Crippen LogP contribution in [0.4, 0.5) is 0 Å². The first-order valence-corrected chi connectivity index (χ1v) is 6.52. The van der Waals surface area contributed by atoms with Crippen LogP contribution in [-0.4, -0.2) is 18.1 Å². The number of aryl methyl sites for hydroxylation is 1. The van der Waals surface area contributed by atoms with Gasteiger partial charge in [-0.3, -0.25) is 0 Å². The normalized spacial score (nSPS) is 10.4. The van der Waals surface area contributed by atoms with Crippen molar-refractivity contribution in [3.05, 3.63) is 46.4 Å². The third-order valence-electron chi connectivity index (χ3n) is 2.26. The van der Waals surface area contributed by atoms with Gasteiger partial charge in [-0.1, -0.05) is 18.2 Å². The van der Waals surface area contributed by atoms with Crippen LogP contribution in [0.5, 0.6) is 5.75 Å². The fraction of sp³-hybridized carbons (Fsp3) is 0.308. The Kier molecular flexibility index (Phi) is 4.53. The van der Waals surface area contributed by atoms with Crippen LogP contribution in [0.1, 0.15) is 10.7 Å². The molecule has 4 heteroatoms. The molecule has 0 radical (unpaired) electrons. The number of nitrogens with one attached hydrogen (secondary N) is 1. The molecule has 0 aliphatic rings. The number of hydrogen-bond acceptors (Lipinski definition) is 4. The van der Waals surface area contributed by atoms with Crippen molar-refractivity contribution >= 4 is 11.3 Å². The average Bonchev–Trinajstić information content (AvgIpc) is 2.76. The van der Waals surface area contributed by atoms with E-state index in [0.29, 0.717) is 6.61 Å². The third-order valence-corrected chi connectivity index (χ3v) is 3.09. The molecule has 0 aliphatic heterocycles. The molecule has 0 saturated carbocycles. The van der Waals surface area contributed by atoms with Gasteiger partial charge in [-0.15, -0.1) is 11.3 Å². The van der Waals surface area contributed by atoms with Gasteiger partial charge < -0.3 is 10.1 Å². The van der Waals surface area contributed by atoms with Crippen LogP contribution in [0.3, 0.4) is 0 Å².